The first-order valence-electron chi connectivity index (χ1n) is 5.67. The molecular weight excluding hydrogens is 260 g/mol. The maximum atomic E-state index is 10.9. The van der Waals surface area contributed by atoms with E-state index in [1.165, 1.54) is 0 Å². The standard InChI is InChI=1S/C11H20O4S2/c1-9(15-11(13)8-17)5-3-2-4-6-14-10(12)7-16/h9,16-17H,2-8H2,1H3. The number of unbranched alkanes of at least 4 members (excludes halogenated alkanes) is 2. The lowest BCUT2D eigenvalue weighted by Crippen LogP contribution is -2.15. The van der Waals surface area contributed by atoms with Crippen LogP contribution in [0, 0.1) is 0 Å². The monoisotopic (exact) mass is 280 g/mol. The van der Waals surface area contributed by atoms with Crippen molar-refractivity contribution in [2.75, 3.05) is 18.1 Å². The zero-order chi connectivity index (χ0) is 13.1. The van der Waals surface area contributed by atoms with Crippen LogP contribution in [-0.4, -0.2) is 36.2 Å². The van der Waals surface area contributed by atoms with Crippen molar-refractivity contribution in [3.63, 3.8) is 0 Å². The first-order chi connectivity index (χ1) is 8.10. The second-order valence-electron chi connectivity index (χ2n) is 3.69. The molecule has 0 aliphatic carbocycles. The second kappa shape index (κ2) is 10.8. The number of ether oxygens (including phenoxy) is 2. The van der Waals surface area contributed by atoms with E-state index in [0.717, 1.165) is 25.7 Å². The molecule has 0 aliphatic rings. The van der Waals surface area contributed by atoms with Gasteiger partial charge in [-0.25, -0.2) is 0 Å². The zero-order valence-corrected chi connectivity index (χ0v) is 11.8. The molecule has 0 saturated carbocycles. The van der Waals surface area contributed by atoms with Crippen molar-refractivity contribution in [3.8, 4) is 0 Å². The van der Waals surface area contributed by atoms with Crippen LogP contribution in [0.2, 0.25) is 0 Å². The maximum Gasteiger partial charge on any atom is 0.315 e. The van der Waals surface area contributed by atoms with E-state index < -0.39 is 0 Å². The largest absolute Gasteiger partial charge is 0.465 e. The highest BCUT2D eigenvalue weighted by Crippen LogP contribution is 2.07. The van der Waals surface area contributed by atoms with Crippen molar-refractivity contribution >= 4 is 37.2 Å². The summed E-state index contributed by atoms with van der Waals surface area (Å²) in [6, 6.07) is 0. The fourth-order valence-corrected chi connectivity index (χ4v) is 1.43. The van der Waals surface area contributed by atoms with Crippen LogP contribution < -0.4 is 0 Å². The molecule has 1 unspecified atom stereocenters. The highest BCUT2D eigenvalue weighted by molar-refractivity contribution is 7.81. The van der Waals surface area contributed by atoms with Crippen LogP contribution in [0.1, 0.15) is 32.6 Å². The van der Waals surface area contributed by atoms with E-state index in [1.807, 2.05) is 6.92 Å². The van der Waals surface area contributed by atoms with Crippen LogP contribution in [0.4, 0.5) is 0 Å². The van der Waals surface area contributed by atoms with Gasteiger partial charge in [0.25, 0.3) is 0 Å². The van der Waals surface area contributed by atoms with Gasteiger partial charge in [0.15, 0.2) is 0 Å². The van der Waals surface area contributed by atoms with E-state index in [0.29, 0.717) is 6.61 Å². The minimum atomic E-state index is -0.288. The number of carbonyl (C=O) groups excluding carboxylic acids is 2. The van der Waals surface area contributed by atoms with Gasteiger partial charge >= 0.3 is 11.9 Å². The van der Waals surface area contributed by atoms with Crippen molar-refractivity contribution in [3.05, 3.63) is 0 Å². The van der Waals surface area contributed by atoms with Gasteiger partial charge < -0.3 is 9.47 Å². The van der Waals surface area contributed by atoms with Crippen LogP contribution in [0.15, 0.2) is 0 Å². The molecule has 0 amide bonds. The summed E-state index contributed by atoms with van der Waals surface area (Å²) < 4.78 is 9.92. The van der Waals surface area contributed by atoms with Crippen molar-refractivity contribution in [1.82, 2.24) is 0 Å². The van der Waals surface area contributed by atoms with E-state index in [2.05, 4.69) is 25.3 Å². The molecule has 17 heavy (non-hydrogen) atoms. The predicted octanol–water partition coefficient (Wildman–Crippen LogP) is 1.88. The third-order valence-corrected chi connectivity index (χ3v) is 2.63. The molecule has 0 fully saturated rings. The van der Waals surface area contributed by atoms with Crippen LogP contribution in [0.25, 0.3) is 0 Å². The molecule has 0 spiro atoms. The molecule has 0 saturated heterocycles. The minimum absolute atomic E-state index is 0.0744. The maximum absolute atomic E-state index is 10.9. The van der Waals surface area contributed by atoms with Crippen LogP contribution in [-0.2, 0) is 19.1 Å². The minimum Gasteiger partial charge on any atom is -0.465 e. The summed E-state index contributed by atoms with van der Waals surface area (Å²) in [5.74, 6) is -0.339. The van der Waals surface area contributed by atoms with Gasteiger partial charge in [-0.1, -0.05) is 0 Å². The molecule has 0 aromatic carbocycles. The lowest BCUT2D eigenvalue weighted by Gasteiger charge is -2.12. The van der Waals surface area contributed by atoms with Crippen molar-refractivity contribution in [2.45, 2.75) is 38.7 Å². The summed E-state index contributed by atoms with van der Waals surface area (Å²) in [6.45, 7) is 2.30. The van der Waals surface area contributed by atoms with Gasteiger partial charge in [-0.05, 0) is 32.6 Å². The van der Waals surface area contributed by atoms with Crippen molar-refractivity contribution in [2.24, 2.45) is 0 Å². The fourth-order valence-electron chi connectivity index (χ4n) is 1.26. The summed E-state index contributed by atoms with van der Waals surface area (Å²) in [7, 11) is 0. The van der Waals surface area contributed by atoms with Crippen LogP contribution >= 0.6 is 25.3 Å². The summed E-state index contributed by atoms with van der Waals surface area (Å²) in [4.78, 5) is 21.6. The van der Waals surface area contributed by atoms with E-state index in [-0.39, 0.29) is 29.5 Å². The smallest absolute Gasteiger partial charge is 0.315 e. The van der Waals surface area contributed by atoms with E-state index in [1.54, 1.807) is 0 Å². The second-order valence-corrected chi connectivity index (χ2v) is 4.32. The lowest BCUT2D eigenvalue weighted by molar-refractivity contribution is -0.145. The first-order valence-corrected chi connectivity index (χ1v) is 6.93. The average Bonchev–Trinajstić information content (AvgIpc) is 2.32. The molecule has 0 radical (unpaired) electrons. The molecule has 0 N–H and O–H groups in total. The Balaban J connectivity index is 3.33. The van der Waals surface area contributed by atoms with Gasteiger partial charge in [0.1, 0.15) is 0 Å². The Labute approximate surface area is 113 Å². The number of esters is 2. The predicted molar refractivity (Wildman–Crippen MR) is 72.7 cm³/mol. The van der Waals surface area contributed by atoms with Crippen molar-refractivity contribution in [1.29, 1.82) is 0 Å². The Kier molecular flexibility index (Phi) is 10.5. The number of rotatable bonds is 9. The summed E-state index contributed by atoms with van der Waals surface area (Å²) in [6.07, 6.45) is 3.46. The van der Waals surface area contributed by atoms with Gasteiger partial charge in [-0.2, -0.15) is 25.3 Å². The molecule has 0 aliphatic heterocycles. The quantitative estimate of drug-likeness (QED) is 0.385. The Hall–Kier alpha value is -0.360. The van der Waals surface area contributed by atoms with E-state index in [4.69, 9.17) is 9.47 Å². The molecule has 0 bridgehead atoms. The Morgan fingerprint density at radius 3 is 2.29 bits per heavy atom. The van der Waals surface area contributed by atoms with Gasteiger partial charge in [-0.15, -0.1) is 0 Å². The lowest BCUT2D eigenvalue weighted by atomic mass is 10.1. The Bertz CT molecular complexity index is 234. The normalized spacial score (nSPS) is 11.9. The number of hydrogen-bond acceptors (Lipinski definition) is 6. The van der Waals surface area contributed by atoms with Crippen LogP contribution in [0.3, 0.4) is 0 Å². The topological polar surface area (TPSA) is 52.6 Å². The summed E-state index contributed by atoms with van der Waals surface area (Å²) in [5.41, 5.74) is 0. The number of hydrogen-bond donors (Lipinski definition) is 2. The molecule has 6 heteroatoms. The fraction of sp³-hybridized carbons (Fsp3) is 0.818. The number of carbonyl (C=O) groups is 2. The Morgan fingerprint density at radius 1 is 1.06 bits per heavy atom. The molecule has 0 aromatic rings. The summed E-state index contributed by atoms with van der Waals surface area (Å²) >= 11 is 7.62. The molecule has 100 valence electrons. The molecule has 0 aromatic heterocycles. The van der Waals surface area contributed by atoms with E-state index >= 15 is 0 Å². The van der Waals surface area contributed by atoms with Gasteiger partial charge in [0.05, 0.1) is 24.2 Å². The number of thiol groups is 2. The average molecular weight is 280 g/mol. The SMILES string of the molecule is CC(CCCCCOC(=O)CS)OC(=O)CS. The van der Waals surface area contributed by atoms with Crippen LogP contribution in [0.5, 0.6) is 0 Å². The molecule has 0 heterocycles. The van der Waals surface area contributed by atoms with Crippen molar-refractivity contribution < 1.29 is 19.1 Å². The molecule has 4 nitrogen and oxygen atoms in total. The highest BCUT2D eigenvalue weighted by Gasteiger charge is 2.07. The van der Waals surface area contributed by atoms with Gasteiger partial charge in [0, 0.05) is 0 Å². The third-order valence-electron chi connectivity index (χ3n) is 2.11. The van der Waals surface area contributed by atoms with Gasteiger partial charge in [0.2, 0.25) is 0 Å². The highest BCUT2D eigenvalue weighted by atomic mass is 32.1. The molecule has 1 atom stereocenters. The summed E-state index contributed by atoms with van der Waals surface area (Å²) in [5, 5.41) is 0. The molecular formula is C11H20O4S2. The van der Waals surface area contributed by atoms with E-state index in [9.17, 15) is 9.59 Å². The third kappa shape index (κ3) is 10.5. The molecule has 0 rings (SSSR count). The first kappa shape index (κ1) is 16.6. The Morgan fingerprint density at radius 2 is 1.71 bits per heavy atom. The van der Waals surface area contributed by atoms with Gasteiger partial charge in [-0.3, -0.25) is 9.59 Å². The zero-order valence-electron chi connectivity index (χ0n) is 10.1.